The number of benzene rings is 1. The Balaban J connectivity index is 2.91. The Bertz CT molecular complexity index is 344. The quantitative estimate of drug-likeness (QED) is 0.814. The van der Waals surface area contributed by atoms with E-state index in [9.17, 15) is 0 Å². The van der Waals surface area contributed by atoms with Crippen LogP contribution in [-0.2, 0) is 11.2 Å². The van der Waals surface area contributed by atoms with Crippen LogP contribution in [-0.4, -0.2) is 33.4 Å². The molecule has 0 fully saturated rings. The van der Waals surface area contributed by atoms with Crippen LogP contribution in [0.4, 0.5) is 5.69 Å². The van der Waals surface area contributed by atoms with E-state index in [1.165, 1.54) is 11.3 Å². The van der Waals surface area contributed by atoms with Crippen molar-refractivity contribution in [2.75, 3.05) is 38.3 Å². The van der Waals surface area contributed by atoms with Crippen LogP contribution in [0.3, 0.4) is 0 Å². The van der Waals surface area contributed by atoms with Crippen LogP contribution in [0.25, 0.3) is 0 Å². The molecule has 0 saturated heterocycles. The van der Waals surface area contributed by atoms with Gasteiger partial charge in [0.1, 0.15) is 0 Å². The third-order valence-electron chi connectivity index (χ3n) is 2.74. The van der Waals surface area contributed by atoms with E-state index in [0.717, 1.165) is 31.1 Å². The topological polar surface area (TPSA) is 38.5 Å². The van der Waals surface area contributed by atoms with Gasteiger partial charge in [0.2, 0.25) is 0 Å². The molecule has 0 aliphatic heterocycles. The van der Waals surface area contributed by atoms with Crippen LogP contribution in [0.2, 0.25) is 5.02 Å². The standard InChI is InChI=1S/C13H21ClN2O/c1-3-16(8-9-17-2)13-5-4-12(14)10-11(13)6-7-15/h4-5,10H,3,6-9,15H2,1-2H3. The predicted octanol–water partition coefficient (Wildman–Crippen LogP) is 2.31. The summed E-state index contributed by atoms with van der Waals surface area (Å²) in [5, 5.41) is 0.764. The van der Waals surface area contributed by atoms with E-state index in [-0.39, 0.29) is 0 Å². The summed E-state index contributed by atoms with van der Waals surface area (Å²) in [7, 11) is 1.72. The van der Waals surface area contributed by atoms with E-state index in [0.29, 0.717) is 6.54 Å². The molecule has 96 valence electrons. The minimum absolute atomic E-state index is 0.634. The zero-order valence-corrected chi connectivity index (χ0v) is 11.3. The molecular weight excluding hydrogens is 236 g/mol. The molecule has 0 amide bonds. The van der Waals surface area contributed by atoms with Crippen LogP contribution in [0.5, 0.6) is 0 Å². The molecule has 3 nitrogen and oxygen atoms in total. The van der Waals surface area contributed by atoms with Crippen molar-refractivity contribution in [3.63, 3.8) is 0 Å². The van der Waals surface area contributed by atoms with Crippen LogP contribution < -0.4 is 10.6 Å². The minimum atomic E-state index is 0.634. The molecule has 0 aliphatic rings. The normalized spacial score (nSPS) is 10.6. The maximum atomic E-state index is 6.02. The molecule has 1 aromatic rings. The number of likely N-dealkylation sites (N-methyl/N-ethyl adjacent to an activating group) is 1. The second-order valence-electron chi connectivity index (χ2n) is 3.88. The maximum absolute atomic E-state index is 6.02. The fourth-order valence-corrected chi connectivity index (χ4v) is 2.06. The summed E-state index contributed by atoms with van der Waals surface area (Å²) in [5.41, 5.74) is 8.05. The molecule has 1 aromatic carbocycles. The van der Waals surface area contributed by atoms with Crippen molar-refractivity contribution in [1.29, 1.82) is 0 Å². The number of hydrogen-bond donors (Lipinski definition) is 1. The van der Waals surface area contributed by atoms with Crippen LogP contribution in [0.15, 0.2) is 18.2 Å². The summed E-state index contributed by atoms with van der Waals surface area (Å²) in [6.45, 7) is 5.32. The Morgan fingerprint density at radius 1 is 1.41 bits per heavy atom. The molecule has 17 heavy (non-hydrogen) atoms. The van der Waals surface area contributed by atoms with Crippen LogP contribution in [0, 0.1) is 0 Å². The van der Waals surface area contributed by atoms with E-state index < -0.39 is 0 Å². The van der Waals surface area contributed by atoms with Gasteiger partial charge in [0.25, 0.3) is 0 Å². The second kappa shape index (κ2) is 7.54. The number of nitrogens with two attached hydrogens (primary N) is 1. The van der Waals surface area contributed by atoms with Gasteiger partial charge in [0, 0.05) is 30.9 Å². The molecule has 2 N–H and O–H groups in total. The highest BCUT2D eigenvalue weighted by molar-refractivity contribution is 6.30. The number of nitrogens with zero attached hydrogens (tertiary/aromatic N) is 1. The van der Waals surface area contributed by atoms with E-state index in [4.69, 9.17) is 22.1 Å². The van der Waals surface area contributed by atoms with Crippen molar-refractivity contribution < 1.29 is 4.74 Å². The average molecular weight is 257 g/mol. The number of halogens is 1. The number of methoxy groups -OCH3 is 1. The Hall–Kier alpha value is -0.770. The van der Waals surface area contributed by atoms with Crippen molar-refractivity contribution in [2.45, 2.75) is 13.3 Å². The molecule has 0 unspecified atom stereocenters. The van der Waals surface area contributed by atoms with Crippen LogP contribution >= 0.6 is 11.6 Å². The van der Waals surface area contributed by atoms with Crippen molar-refractivity contribution in [2.24, 2.45) is 5.73 Å². The SMILES string of the molecule is CCN(CCOC)c1ccc(Cl)cc1CCN. The first-order valence-corrected chi connectivity index (χ1v) is 6.33. The number of rotatable bonds is 7. The van der Waals surface area contributed by atoms with Gasteiger partial charge in [-0.1, -0.05) is 11.6 Å². The smallest absolute Gasteiger partial charge is 0.0637 e. The first-order valence-electron chi connectivity index (χ1n) is 5.95. The fraction of sp³-hybridized carbons (Fsp3) is 0.538. The van der Waals surface area contributed by atoms with Crippen LogP contribution in [0.1, 0.15) is 12.5 Å². The molecule has 0 aromatic heterocycles. The summed E-state index contributed by atoms with van der Waals surface area (Å²) >= 11 is 6.02. The summed E-state index contributed by atoms with van der Waals surface area (Å²) in [6, 6.07) is 5.98. The minimum Gasteiger partial charge on any atom is -0.383 e. The van der Waals surface area contributed by atoms with Gasteiger partial charge < -0.3 is 15.4 Å². The Kier molecular flexibility index (Phi) is 6.34. The average Bonchev–Trinajstić information content (AvgIpc) is 2.32. The highest BCUT2D eigenvalue weighted by atomic mass is 35.5. The van der Waals surface area contributed by atoms with Crippen molar-refractivity contribution >= 4 is 17.3 Å². The lowest BCUT2D eigenvalue weighted by atomic mass is 10.1. The van der Waals surface area contributed by atoms with Gasteiger partial charge in [-0.3, -0.25) is 0 Å². The second-order valence-corrected chi connectivity index (χ2v) is 4.32. The molecule has 0 aliphatic carbocycles. The molecule has 0 atom stereocenters. The highest BCUT2D eigenvalue weighted by Gasteiger charge is 2.09. The maximum Gasteiger partial charge on any atom is 0.0637 e. The first kappa shape index (κ1) is 14.3. The van der Waals surface area contributed by atoms with Crippen molar-refractivity contribution in [3.8, 4) is 0 Å². The lowest BCUT2D eigenvalue weighted by Crippen LogP contribution is -2.28. The first-order chi connectivity index (χ1) is 8.22. The number of hydrogen-bond acceptors (Lipinski definition) is 3. The summed E-state index contributed by atoms with van der Waals surface area (Å²) in [6.07, 6.45) is 0.847. The third-order valence-corrected chi connectivity index (χ3v) is 2.98. The lowest BCUT2D eigenvalue weighted by molar-refractivity contribution is 0.205. The summed E-state index contributed by atoms with van der Waals surface area (Å²) in [5.74, 6) is 0. The lowest BCUT2D eigenvalue weighted by Gasteiger charge is -2.25. The molecule has 0 spiro atoms. The Morgan fingerprint density at radius 2 is 2.18 bits per heavy atom. The third kappa shape index (κ3) is 4.19. The monoisotopic (exact) mass is 256 g/mol. The van der Waals surface area contributed by atoms with E-state index >= 15 is 0 Å². The largest absolute Gasteiger partial charge is 0.383 e. The summed E-state index contributed by atoms with van der Waals surface area (Å²) in [4.78, 5) is 2.28. The summed E-state index contributed by atoms with van der Waals surface area (Å²) < 4.78 is 5.13. The van der Waals surface area contributed by atoms with Gasteiger partial charge >= 0.3 is 0 Å². The molecule has 0 bridgehead atoms. The van der Waals surface area contributed by atoms with E-state index in [2.05, 4.69) is 17.9 Å². The molecule has 1 rings (SSSR count). The zero-order chi connectivity index (χ0) is 12.7. The molecule has 0 radical (unpaired) electrons. The van der Waals surface area contributed by atoms with Gasteiger partial charge in [-0.2, -0.15) is 0 Å². The number of ether oxygens (including phenoxy) is 1. The fourth-order valence-electron chi connectivity index (χ4n) is 1.87. The van der Waals surface area contributed by atoms with Crippen molar-refractivity contribution in [3.05, 3.63) is 28.8 Å². The predicted molar refractivity (Wildman–Crippen MR) is 74.0 cm³/mol. The van der Waals surface area contributed by atoms with Gasteiger partial charge in [-0.15, -0.1) is 0 Å². The molecule has 4 heteroatoms. The van der Waals surface area contributed by atoms with E-state index in [1.54, 1.807) is 7.11 Å². The van der Waals surface area contributed by atoms with E-state index in [1.807, 2.05) is 12.1 Å². The van der Waals surface area contributed by atoms with Gasteiger partial charge in [-0.05, 0) is 43.7 Å². The highest BCUT2D eigenvalue weighted by Crippen LogP contribution is 2.24. The Labute approximate surface area is 109 Å². The van der Waals surface area contributed by atoms with Crippen molar-refractivity contribution in [1.82, 2.24) is 0 Å². The Morgan fingerprint density at radius 3 is 2.76 bits per heavy atom. The van der Waals surface area contributed by atoms with Gasteiger partial charge in [-0.25, -0.2) is 0 Å². The van der Waals surface area contributed by atoms with Gasteiger partial charge in [0.05, 0.1) is 6.61 Å². The van der Waals surface area contributed by atoms with Gasteiger partial charge in [0.15, 0.2) is 0 Å². The zero-order valence-electron chi connectivity index (χ0n) is 10.6. The molecule has 0 saturated carbocycles. The molecular formula is C13H21ClN2O. The molecule has 0 heterocycles. The number of anilines is 1.